The first-order valence-electron chi connectivity index (χ1n) is 8.30. The van der Waals surface area contributed by atoms with Crippen LogP contribution in [0.4, 0.5) is 0 Å². The number of aliphatic hydroxyl groups is 1. The zero-order chi connectivity index (χ0) is 18.8. The number of aliphatic hydroxyl groups excluding tert-OH is 1. The number of carbonyl (C=O) groups is 2. The van der Waals surface area contributed by atoms with Crippen LogP contribution in [0.2, 0.25) is 0 Å². The van der Waals surface area contributed by atoms with Crippen LogP contribution in [0.3, 0.4) is 0 Å². The van der Waals surface area contributed by atoms with Gasteiger partial charge in [0.05, 0.1) is 31.3 Å². The monoisotopic (exact) mass is 377 g/mol. The Balaban J connectivity index is 1.58. The first kappa shape index (κ1) is 20.1. The van der Waals surface area contributed by atoms with Gasteiger partial charge in [0.15, 0.2) is 5.78 Å². The Kier molecular flexibility index (Phi) is 8.27. The molecule has 7 heteroatoms. The standard InChI is InChI=1S/C19H23NO5S/c1-24-16-6-4-14(5-7-16)12-25-13-15(21)11-20-19(23)9-8-17(22)18-3-2-10-26-18/h2-7,10,15,21H,8-9,11-13H2,1H3,(H,20,23)/t15-/m0/s1. The van der Waals surface area contributed by atoms with Gasteiger partial charge >= 0.3 is 0 Å². The molecule has 0 bridgehead atoms. The Labute approximate surface area is 156 Å². The van der Waals surface area contributed by atoms with Crippen molar-refractivity contribution in [1.29, 1.82) is 0 Å². The number of rotatable bonds is 11. The van der Waals surface area contributed by atoms with E-state index < -0.39 is 6.10 Å². The molecular formula is C19H23NO5S. The highest BCUT2D eigenvalue weighted by Crippen LogP contribution is 2.13. The molecule has 0 spiro atoms. The van der Waals surface area contributed by atoms with E-state index in [0.29, 0.717) is 11.5 Å². The van der Waals surface area contributed by atoms with Gasteiger partial charge in [0, 0.05) is 19.4 Å². The van der Waals surface area contributed by atoms with Gasteiger partial charge in [0.1, 0.15) is 5.75 Å². The van der Waals surface area contributed by atoms with E-state index in [2.05, 4.69) is 5.32 Å². The highest BCUT2D eigenvalue weighted by molar-refractivity contribution is 7.12. The summed E-state index contributed by atoms with van der Waals surface area (Å²) in [4.78, 5) is 24.2. The second-order valence-corrected chi connectivity index (χ2v) is 6.67. The molecule has 0 aliphatic heterocycles. The van der Waals surface area contributed by atoms with Gasteiger partial charge in [0.25, 0.3) is 0 Å². The van der Waals surface area contributed by atoms with Gasteiger partial charge in [0.2, 0.25) is 5.91 Å². The number of amides is 1. The molecule has 2 aromatic rings. The first-order valence-corrected chi connectivity index (χ1v) is 9.18. The van der Waals surface area contributed by atoms with Crippen molar-refractivity contribution in [3.63, 3.8) is 0 Å². The van der Waals surface area contributed by atoms with E-state index in [1.807, 2.05) is 29.6 Å². The molecule has 1 amide bonds. The molecular weight excluding hydrogens is 354 g/mol. The maximum absolute atomic E-state index is 11.8. The third-order valence-electron chi connectivity index (χ3n) is 3.65. The van der Waals surface area contributed by atoms with Crippen LogP contribution in [-0.2, 0) is 16.1 Å². The highest BCUT2D eigenvalue weighted by Gasteiger charge is 2.11. The van der Waals surface area contributed by atoms with E-state index in [9.17, 15) is 14.7 Å². The molecule has 1 aromatic carbocycles. The predicted octanol–water partition coefficient (Wildman–Crippen LogP) is 2.41. The summed E-state index contributed by atoms with van der Waals surface area (Å²) in [6.07, 6.45) is -0.530. The van der Waals surface area contributed by atoms with E-state index >= 15 is 0 Å². The molecule has 26 heavy (non-hydrogen) atoms. The van der Waals surface area contributed by atoms with Crippen molar-refractivity contribution >= 4 is 23.0 Å². The van der Waals surface area contributed by atoms with Crippen molar-refractivity contribution in [2.75, 3.05) is 20.3 Å². The fourth-order valence-electron chi connectivity index (χ4n) is 2.20. The molecule has 0 saturated carbocycles. The normalized spacial score (nSPS) is 11.8. The molecule has 6 nitrogen and oxygen atoms in total. The van der Waals surface area contributed by atoms with Crippen LogP contribution in [-0.4, -0.2) is 43.2 Å². The molecule has 2 N–H and O–H groups in total. The molecule has 0 radical (unpaired) electrons. The molecule has 0 saturated heterocycles. The predicted molar refractivity (Wildman–Crippen MR) is 99.6 cm³/mol. The minimum absolute atomic E-state index is 0.0430. The lowest BCUT2D eigenvalue weighted by atomic mass is 10.2. The van der Waals surface area contributed by atoms with Crippen LogP contribution in [0.5, 0.6) is 5.75 Å². The Morgan fingerprint density at radius 1 is 1.19 bits per heavy atom. The van der Waals surface area contributed by atoms with Crippen molar-refractivity contribution in [2.45, 2.75) is 25.6 Å². The summed E-state index contributed by atoms with van der Waals surface area (Å²) in [6, 6.07) is 11.0. The molecule has 2 rings (SSSR count). The lowest BCUT2D eigenvalue weighted by Crippen LogP contribution is -2.34. The molecule has 1 heterocycles. The Morgan fingerprint density at radius 3 is 2.62 bits per heavy atom. The quantitative estimate of drug-likeness (QED) is 0.588. The van der Waals surface area contributed by atoms with Crippen LogP contribution >= 0.6 is 11.3 Å². The molecule has 1 atom stereocenters. The first-order chi connectivity index (χ1) is 12.6. The number of methoxy groups -OCH3 is 1. The number of Topliss-reactive ketones (excluding diaryl/α,β-unsaturated/α-hetero) is 1. The molecule has 0 aliphatic carbocycles. The summed E-state index contributed by atoms with van der Waals surface area (Å²) < 4.78 is 10.5. The fraction of sp³-hybridized carbons (Fsp3) is 0.368. The van der Waals surface area contributed by atoms with E-state index in [0.717, 1.165) is 11.3 Å². The van der Waals surface area contributed by atoms with Gasteiger partial charge in [-0.25, -0.2) is 0 Å². The van der Waals surface area contributed by atoms with Crippen LogP contribution in [0.25, 0.3) is 0 Å². The lowest BCUT2D eigenvalue weighted by Gasteiger charge is -2.12. The van der Waals surface area contributed by atoms with E-state index in [1.54, 1.807) is 19.2 Å². The van der Waals surface area contributed by atoms with Crippen molar-refractivity contribution in [1.82, 2.24) is 5.32 Å². The number of nitrogens with one attached hydrogen (secondary N) is 1. The van der Waals surface area contributed by atoms with Gasteiger partial charge in [-0.15, -0.1) is 11.3 Å². The van der Waals surface area contributed by atoms with Gasteiger partial charge in [-0.1, -0.05) is 18.2 Å². The summed E-state index contributed by atoms with van der Waals surface area (Å²) in [5.41, 5.74) is 0.967. The second-order valence-electron chi connectivity index (χ2n) is 5.72. The zero-order valence-electron chi connectivity index (χ0n) is 14.6. The van der Waals surface area contributed by atoms with Gasteiger partial charge in [-0.3, -0.25) is 9.59 Å². The van der Waals surface area contributed by atoms with E-state index in [4.69, 9.17) is 9.47 Å². The SMILES string of the molecule is COc1ccc(COC[C@@H](O)CNC(=O)CCC(=O)c2cccs2)cc1. The topological polar surface area (TPSA) is 84.9 Å². The maximum atomic E-state index is 11.8. The van der Waals surface area contributed by atoms with Gasteiger partial charge < -0.3 is 19.9 Å². The fourth-order valence-corrected chi connectivity index (χ4v) is 2.90. The van der Waals surface area contributed by atoms with E-state index in [-0.39, 0.29) is 37.7 Å². The molecule has 0 unspecified atom stereocenters. The minimum Gasteiger partial charge on any atom is -0.497 e. The van der Waals surface area contributed by atoms with Crippen molar-refractivity contribution < 1.29 is 24.2 Å². The summed E-state index contributed by atoms with van der Waals surface area (Å²) in [5.74, 6) is 0.469. The number of ether oxygens (including phenoxy) is 2. The largest absolute Gasteiger partial charge is 0.497 e. The molecule has 140 valence electrons. The van der Waals surface area contributed by atoms with E-state index in [1.165, 1.54) is 11.3 Å². The summed E-state index contributed by atoms with van der Waals surface area (Å²) in [5, 5.41) is 14.3. The van der Waals surface area contributed by atoms with Crippen LogP contribution in [0.1, 0.15) is 28.1 Å². The van der Waals surface area contributed by atoms with Crippen LogP contribution in [0, 0.1) is 0 Å². The maximum Gasteiger partial charge on any atom is 0.220 e. The van der Waals surface area contributed by atoms with Crippen LogP contribution < -0.4 is 10.1 Å². The molecule has 0 fully saturated rings. The third-order valence-corrected chi connectivity index (χ3v) is 4.56. The van der Waals surface area contributed by atoms with Crippen molar-refractivity contribution in [2.24, 2.45) is 0 Å². The average molecular weight is 377 g/mol. The van der Waals surface area contributed by atoms with Crippen LogP contribution in [0.15, 0.2) is 41.8 Å². The Bertz CT molecular complexity index is 684. The molecule has 1 aromatic heterocycles. The number of ketones is 1. The third kappa shape index (κ3) is 6.95. The molecule has 0 aliphatic rings. The second kappa shape index (κ2) is 10.7. The van der Waals surface area contributed by atoms with Crippen molar-refractivity contribution in [3.8, 4) is 5.75 Å². The number of hydrogen-bond donors (Lipinski definition) is 2. The minimum atomic E-state index is -0.801. The van der Waals surface area contributed by atoms with Crippen molar-refractivity contribution in [3.05, 3.63) is 52.2 Å². The summed E-state index contributed by atoms with van der Waals surface area (Å²) in [6.45, 7) is 0.569. The number of carbonyl (C=O) groups excluding carboxylic acids is 2. The zero-order valence-corrected chi connectivity index (χ0v) is 15.5. The smallest absolute Gasteiger partial charge is 0.220 e. The Hall–Kier alpha value is -2.22. The Morgan fingerprint density at radius 2 is 1.96 bits per heavy atom. The average Bonchev–Trinajstić information content (AvgIpc) is 3.20. The number of hydrogen-bond acceptors (Lipinski definition) is 6. The van der Waals surface area contributed by atoms with Gasteiger partial charge in [-0.2, -0.15) is 0 Å². The highest BCUT2D eigenvalue weighted by atomic mass is 32.1. The number of thiophene rings is 1. The van der Waals surface area contributed by atoms with Gasteiger partial charge in [-0.05, 0) is 29.1 Å². The summed E-state index contributed by atoms with van der Waals surface area (Å²) in [7, 11) is 1.61. The lowest BCUT2D eigenvalue weighted by molar-refractivity contribution is -0.121. The summed E-state index contributed by atoms with van der Waals surface area (Å²) >= 11 is 1.37. The number of benzene rings is 1.